The van der Waals surface area contributed by atoms with Crippen LogP contribution in [0.5, 0.6) is 23.0 Å². The standard InChI is InChI=1S/C22H22O8/c1-3-25-21(23)19(13-5-7-15-17(9-13)29-11-27-15)20(22(24)26-4-2)14-6-8-16-18(10-14)30-12-28-16/h5-10,19-20H,3-4,11-12H2,1-2H3. The van der Waals surface area contributed by atoms with E-state index in [0.29, 0.717) is 34.1 Å². The van der Waals surface area contributed by atoms with Crippen LogP contribution in [-0.4, -0.2) is 38.7 Å². The van der Waals surface area contributed by atoms with E-state index in [-0.39, 0.29) is 26.8 Å². The van der Waals surface area contributed by atoms with Crippen LogP contribution in [0, 0.1) is 0 Å². The minimum Gasteiger partial charge on any atom is -0.465 e. The largest absolute Gasteiger partial charge is 0.465 e. The van der Waals surface area contributed by atoms with Gasteiger partial charge in [0.15, 0.2) is 23.0 Å². The molecule has 0 aromatic heterocycles. The highest BCUT2D eigenvalue weighted by Gasteiger charge is 2.40. The van der Waals surface area contributed by atoms with Crippen LogP contribution in [-0.2, 0) is 19.1 Å². The third-order valence-corrected chi connectivity index (χ3v) is 4.93. The predicted octanol–water partition coefficient (Wildman–Crippen LogP) is 3.14. The van der Waals surface area contributed by atoms with E-state index in [2.05, 4.69) is 0 Å². The van der Waals surface area contributed by atoms with Crippen LogP contribution in [0.3, 0.4) is 0 Å². The average molecular weight is 414 g/mol. The zero-order valence-corrected chi connectivity index (χ0v) is 16.7. The van der Waals surface area contributed by atoms with E-state index in [4.69, 9.17) is 28.4 Å². The molecule has 2 aliphatic rings. The molecule has 0 N–H and O–H groups in total. The van der Waals surface area contributed by atoms with Gasteiger partial charge in [-0.05, 0) is 49.2 Å². The first-order valence-electron chi connectivity index (χ1n) is 9.74. The van der Waals surface area contributed by atoms with Crippen LogP contribution in [0.15, 0.2) is 36.4 Å². The molecule has 4 rings (SSSR count). The molecule has 0 saturated carbocycles. The maximum atomic E-state index is 13.0. The molecule has 2 heterocycles. The predicted molar refractivity (Wildman–Crippen MR) is 104 cm³/mol. The summed E-state index contributed by atoms with van der Waals surface area (Å²) < 4.78 is 32.3. The Morgan fingerprint density at radius 1 is 0.733 bits per heavy atom. The quantitative estimate of drug-likeness (QED) is 0.639. The third kappa shape index (κ3) is 3.72. The monoisotopic (exact) mass is 414 g/mol. The molecule has 8 nitrogen and oxygen atoms in total. The molecule has 2 aromatic carbocycles. The minimum atomic E-state index is -0.945. The van der Waals surface area contributed by atoms with Crippen molar-refractivity contribution in [1.82, 2.24) is 0 Å². The molecule has 2 aliphatic heterocycles. The van der Waals surface area contributed by atoms with E-state index in [0.717, 1.165) is 0 Å². The van der Waals surface area contributed by atoms with Gasteiger partial charge < -0.3 is 28.4 Å². The number of rotatable bonds is 7. The summed E-state index contributed by atoms with van der Waals surface area (Å²) in [5.74, 6) is -0.781. The summed E-state index contributed by atoms with van der Waals surface area (Å²) >= 11 is 0. The Balaban J connectivity index is 1.80. The van der Waals surface area contributed by atoms with Crippen LogP contribution in [0.2, 0.25) is 0 Å². The molecule has 30 heavy (non-hydrogen) atoms. The van der Waals surface area contributed by atoms with Crippen molar-refractivity contribution < 1.29 is 38.0 Å². The first-order valence-corrected chi connectivity index (χ1v) is 9.74. The molecule has 158 valence electrons. The zero-order chi connectivity index (χ0) is 21.1. The fourth-order valence-electron chi connectivity index (χ4n) is 3.61. The summed E-state index contributed by atoms with van der Waals surface area (Å²) in [6, 6.07) is 10.3. The summed E-state index contributed by atoms with van der Waals surface area (Å²) in [5, 5.41) is 0. The van der Waals surface area contributed by atoms with Crippen molar-refractivity contribution in [2.75, 3.05) is 26.8 Å². The topological polar surface area (TPSA) is 89.5 Å². The van der Waals surface area contributed by atoms with Crippen molar-refractivity contribution in [3.05, 3.63) is 47.5 Å². The highest BCUT2D eigenvalue weighted by molar-refractivity contribution is 5.90. The van der Waals surface area contributed by atoms with Crippen LogP contribution >= 0.6 is 0 Å². The number of hydrogen-bond donors (Lipinski definition) is 0. The Morgan fingerprint density at radius 3 is 1.53 bits per heavy atom. The van der Waals surface area contributed by atoms with Gasteiger partial charge in [0.25, 0.3) is 0 Å². The molecule has 0 spiro atoms. The molecule has 0 amide bonds. The second-order valence-electron chi connectivity index (χ2n) is 6.68. The third-order valence-electron chi connectivity index (χ3n) is 4.93. The van der Waals surface area contributed by atoms with Crippen LogP contribution in [0.25, 0.3) is 0 Å². The Hall–Kier alpha value is -3.42. The van der Waals surface area contributed by atoms with Crippen molar-refractivity contribution in [2.24, 2.45) is 0 Å². The molecule has 0 aliphatic carbocycles. The Kier molecular flexibility index (Phi) is 5.65. The molecule has 8 heteroatoms. The van der Waals surface area contributed by atoms with E-state index >= 15 is 0 Å². The van der Waals surface area contributed by atoms with Gasteiger partial charge in [-0.2, -0.15) is 0 Å². The number of ether oxygens (including phenoxy) is 6. The first kappa shape index (κ1) is 19.9. The lowest BCUT2D eigenvalue weighted by Crippen LogP contribution is -2.29. The minimum absolute atomic E-state index is 0.103. The summed E-state index contributed by atoms with van der Waals surface area (Å²) in [5.41, 5.74) is 1.13. The van der Waals surface area contributed by atoms with Gasteiger partial charge in [-0.1, -0.05) is 12.1 Å². The fourth-order valence-corrected chi connectivity index (χ4v) is 3.61. The van der Waals surface area contributed by atoms with E-state index in [1.807, 2.05) is 0 Å². The normalized spacial score (nSPS) is 15.4. The first-order chi connectivity index (χ1) is 14.6. The Labute approximate surface area is 173 Å². The Morgan fingerprint density at radius 2 is 1.13 bits per heavy atom. The van der Waals surface area contributed by atoms with E-state index in [1.165, 1.54) is 0 Å². The lowest BCUT2D eigenvalue weighted by Gasteiger charge is -2.25. The Bertz CT molecular complexity index is 877. The SMILES string of the molecule is CCOC(=O)C(c1ccc2c(c1)OCO2)C(C(=O)OCC)c1ccc2c(c1)OCO2. The molecule has 2 unspecified atom stereocenters. The lowest BCUT2D eigenvalue weighted by molar-refractivity contribution is -0.153. The smallest absolute Gasteiger partial charge is 0.314 e. The molecule has 2 aromatic rings. The van der Waals surface area contributed by atoms with Gasteiger partial charge in [0.1, 0.15) is 0 Å². The van der Waals surface area contributed by atoms with Crippen molar-refractivity contribution in [2.45, 2.75) is 25.7 Å². The second kappa shape index (κ2) is 8.52. The summed E-state index contributed by atoms with van der Waals surface area (Å²) in [6.07, 6.45) is 0. The maximum absolute atomic E-state index is 13.0. The van der Waals surface area contributed by atoms with Crippen molar-refractivity contribution in [3.63, 3.8) is 0 Å². The summed E-state index contributed by atoms with van der Waals surface area (Å²) in [4.78, 5) is 26.1. The van der Waals surface area contributed by atoms with E-state index in [9.17, 15) is 9.59 Å². The number of benzene rings is 2. The van der Waals surface area contributed by atoms with Gasteiger partial charge in [-0.15, -0.1) is 0 Å². The number of hydrogen-bond acceptors (Lipinski definition) is 8. The number of carbonyl (C=O) groups is 2. The van der Waals surface area contributed by atoms with Crippen LogP contribution < -0.4 is 18.9 Å². The van der Waals surface area contributed by atoms with Gasteiger partial charge in [-0.25, -0.2) is 0 Å². The molecule has 2 atom stereocenters. The number of fused-ring (bicyclic) bond motifs is 2. The molecular weight excluding hydrogens is 392 g/mol. The maximum Gasteiger partial charge on any atom is 0.314 e. The van der Waals surface area contributed by atoms with Crippen LogP contribution in [0.4, 0.5) is 0 Å². The highest BCUT2D eigenvalue weighted by atomic mass is 16.7. The van der Waals surface area contributed by atoms with Crippen molar-refractivity contribution >= 4 is 11.9 Å². The van der Waals surface area contributed by atoms with E-state index in [1.54, 1.807) is 50.2 Å². The molecule has 0 saturated heterocycles. The van der Waals surface area contributed by atoms with Gasteiger partial charge in [-0.3, -0.25) is 9.59 Å². The molecule has 0 radical (unpaired) electrons. The molecule has 0 fully saturated rings. The van der Waals surface area contributed by atoms with Gasteiger partial charge in [0, 0.05) is 0 Å². The van der Waals surface area contributed by atoms with Crippen molar-refractivity contribution in [1.29, 1.82) is 0 Å². The van der Waals surface area contributed by atoms with Gasteiger partial charge >= 0.3 is 11.9 Å². The fraction of sp³-hybridized carbons (Fsp3) is 0.364. The number of esters is 2. The van der Waals surface area contributed by atoms with Crippen molar-refractivity contribution in [3.8, 4) is 23.0 Å². The van der Waals surface area contributed by atoms with Gasteiger partial charge in [0.05, 0.1) is 25.0 Å². The molecular formula is C22H22O8. The second-order valence-corrected chi connectivity index (χ2v) is 6.68. The van der Waals surface area contributed by atoms with E-state index < -0.39 is 23.8 Å². The number of carbonyl (C=O) groups excluding carboxylic acids is 2. The lowest BCUT2D eigenvalue weighted by atomic mass is 9.81. The average Bonchev–Trinajstić information content (AvgIpc) is 3.40. The zero-order valence-electron chi connectivity index (χ0n) is 16.7. The highest BCUT2D eigenvalue weighted by Crippen LogP contribution is 2.43. The van der Waals surface area contributed by atoms with Crippen LogP contribution in [0.1, 0.15) is 36.8 Å². The molecule has 0 bridgehead atoms. The summed E-state index contributed by atoms with van der Waals surface area (Å²) in [6.45, 7) is 3.99. The summed E-state index contributed by atoms with van der Waals surface area (Å²) in [7, 11) is 0. The van der Waals surface area contributed by atoms with Gasteiger partial charge in [0.2, 0.25) is 13.6 Å².